The van der Waals surface area contributed by atoms with Crippen molar-refractivity contribution in [1.82, 2.24) is 10.3 Å². The molecule has 0 saturated heterocycles. The molecule has 7 nitrogen and oxygen atoms in total. The van der Waals surface area contributed by atoms with Crippen molar-refractivity contribution in [3.8, 4) is 0 Å². The zero-order chi connectivity index (χ0) is 15.0. The van der Waals surface area contributed by atoms with Crippen LogP contribution in [0.2, 0.25) is 0 Å². The molecule has 0 aliphatic carbocycles. The van der Waals surface area contributed by atoms with Crippen molar-refractivity contribution in [2.75, 3.05) is 7.11 Å². The molecule has 1 aromatic rings. The maximum absolute atomic E-state index is 11.7. The van der Waals surface area contributed by atoms with Crippen LogP contribution in [0.3, 0.4) is 0 Å². The number of hydrogen-bond donors (Lipinski definition) is 2. The highest BCUT2D eigenvalue weighted by Crippen LogP contribution is 2.02. The first-order valence-electron chi connectivity index (χ1n) is 6.01. The summed E-state index contributed by atoms with van der Waals surface area (Å²) in [4.78, 5) is 37.6. The summed E-state index contributed by atoms with van der Waals surface area (Å²) >= 11 is 0. The van der Waals surface area contributed by atoms with Gasteiger partial charge in [-0.1, -0.05) is 6.07 Å². The molecule has 1 heterocycles. The number of esters is 1. The van der Waals surface area contributed by atoms with Gasteiger partial charge in [0.2, 0.25) is 5.91 Å². The van der Waals surface area contributed by atoms with E-state index in [0.29, 0.717) is 5.56 Å². The van der Waals surface area contributed by atoms with E-state index in [1.807, 2.05) is 0 Å². The first-order valence-corrected chi connectivity index (χ1v) is 6.01. The van der Waals surface area contributed by atoms with E-state index in [0.717, 1.165) is 0 Å². The summed E-state index contributed by atoms with van der Waals surface area (Å²) in [7, 11) is 1.22. The standard InChI is InChI=1S/C13H16N2O5/c1-20-12(17)5-4-10(13(18)19)15-11(16)7-9-3-2-6-14-8-9/h2-3,6,8,10H,4-5,7H2,1H3,(H,15,16)(H,18,19)/t10-/m0/s1. The third-order valence-corrected chi connectivity index (χ3v) is 2.59. The molecule has 2 N–H and O–H groups in total. The normalized spacial score (nSPS) is 11.4. The van der Waals surface area contributed by atoms with Crippen molar-refractivity contribution in [2.45, 2.75) is 25.3 Å². The van der Waals surface area contributed by atoms with Crippen molar-refractivity contribution in [3.05, 3.63) is 30.1 Å². The number of aliphatic carboxylic acids is 1. The third kappa shape index (κ3) is 5.47. The summed E-state index contributed by atoms with van der Waals surface area (Å²) in [5.41, 5.74) is 0.683. The van der Waals surface area contributed by atoms with Gasteiger partial charge in [-0.05, 0) is 18.1 Å². The number of carbonyl (C=O) groups is 3. The van der Waals surface area contributed by atoms with Crippen LogP contribution in [-0.4, -0.2) is 41.1 Å². The SMILES string of the molecule is COC(=O)CC[C@H](NC(=O)Cc1cccnc1)C(=O)O. The van der Waals surface area contributed by atoms with E-state index in [-0.39, 0.29) is 19.3 Å². The van der Waals surface area contributed by atoms with Gasteiger partial charge in [-0.2, -0.15) is 0 Å². The lowest BCUT2D eigenvalue weighted by molar-refractivity contribution is -0.144. The molecule has 0 bridgehead atoms. The molecule has 20 heavy (non-hydrogen) atoms. The smallest absolute Gasteiger partial charge is 0.326 e. The van der Waals surface area contributed by atoms with E-state index >= 15 is 0 Å². The molecule has 0 aromatic carbocycles. The number of amides is 1. The molecule has 0 aliphatic rings. The highest BCUT2D eigenvalue weighted by atomic mass is 16.5. The van der Waals surface area contributed by atoms with Crippen molar-refractivity contribution < 1.29 is 24.2 Å². The summed E-state index contributed by atoms with van der Waals surface area (Å²) in [6, 6.07) is 2.30. The zero-order valence-corrected chi connectivity index (χ0v) is 11.0. The Morgan fingerprint density at radius 2 is 2.20 bits per heavy atom. The van der Waals surface area contributed by atoms with Crippen LogP contribution in [0.25, 0.3) is 0 Å². The molecule has 1 amide bonds. The van der Waals surface area contributed by atoms with Gasteiger partial charge in [0.15, 0.2) is 0 Å². The Hall–Kier alpha value is -2.44. The zero-order valence-electron chi connectivity index (χ0n) is 11.0. The summed E-state index contributed by atoms with van der Waals surface area (Å²) in [6.45, 7) is 0. The Balaban J connectivity index is 2.50. The van der Waals surface area contributed by atoms with E-state index < -0.39 is 23.9 Å². The van der Waals surface area contributed by atoms with Crippen molar-refractivity contribution in [3.63, 3.8) is 0 Å². The molecule has 108 valence electrons. The fraction of sp³-hybridized carbons (Fsp3) is 0.385. The van der Waals surface area contributed by atoms with Crippen molar-refractivity contribution in [1.29, 1.82) is 0 Å². The lowest BCUT2D eigenvalue weighted by Gasteiger charge is -2.13. The lowest BCUT2D eigenvalue weighted by atomic mass is 10.1. The molecule has 0 unspecified atom stereocenters. The van der Waals surface area contributed by atoms with Gasteiger partial charge in [0.25, 0.3) is 0 Å². The average molecular weight is 280 g/mol. The average Bonchev–Trinajstić information content (AvgIpc) is 2.43. The minimum Gasteiger partial charge on any atom is -0.480 e. The third-order valence-electron chi connectivity index (χ3n) is 2.59. The Labute approximate surface area is 116 Å². The largest absolute Gasteiger partial charge is 0.480 e. The van der Waals surface area contributed by atoms with E-state index in [9.17, 15) is 14.4 Å². The maximum atomic E-state index is 11.7. The van der Waals surface area contributed by atoms with E-state index in [2.05, 4.69) is 15.0 Å². The summed E-state index contributed by atoms with van der Waals surface area (Å²) in [5, 5.41) is 11.4. The van der Waals surface area contributed by atoms with Crippen molar-refractivity contribution >= 4 is 17.8 Å². The highest BCUT2D eigenvalue weighted by molar-refractivity contribution is 5.85. The molecule has 7 heteroatoms. The second-order valence-electron chi connectivity index (χ2n) is 4.11. The second-order valence-corrected chi connectivity index (χ2v) is 4.11. The van der Waals surface area contributed by atoms with Gasteiger partial charge in [0, 0.05) is 18.8 Å². The van der Waals surface area contributed by atoms with Gasteiger partial charge in [-0.3, -0.25) is 14.6 Å². The molecule has 1 aromatic heterocycles. The van der Waals surface area contributed by atoms with Gasteiger partial charge in [-0.25, -0.2) is 4.79 Å². The Bertz CT molecular complexity index is 475. The number of carboxylic acid groups (broad SMARTS) is 1. The Morgan fingerprint density at radius 1 is 1.45 bits per heavy atom. The molecule has 0 spiro atoms. The number of hydrogen-bond acceptors (Lipinski definition) is 5. The number of methoxy groups -OCH3 is 1. The number of carboxylic acids is 1. The van der Waals surface area contributed by atoms with Crippen LogP contribution in [0, 0.1) is 0 Å². The fourth-order valence-corrected chi connectivity index (χ4v) is 1.56. The molecular formula is C13H16N2O5. The van der Waals surface area contributed by atoms with Crippen LogP contribution in [0.5, 0.6) is 0 Å². The van der Waals surface area contributed by atoms with Crippen LogP contribution in [0.15, 0.2) is 24.5 Å². The molecule has 0 fully saturated rings. The maximum Gasteiger partial charge on any atom is 0.326 e. The molecule has 0 radical (unpaired) electrons. The number of nitrogens with one attached hydrogen (secondary N) is 1. The molecule has 0 aliphatic heterocycles. The molecular weight excluding hydrogens is 264 g/mol. The van der Waals surface area contributed by atoms with Gasteiger partial charge >= 0.3 is 11.9 Å². The van der Waals surface area contributed by atoms with Crippen LogP contribution in [0.1, 0.15) is 18.4 Å². The first-order chi connectivity index (χ1) is 9.52. The second kappa shape index (κ2) is 7.88. The van der Waals surface area contributed by atoms with Crippen LogP contribution < -0.4 is 5.32 Å². The Kier molecular flexibility index (Phi) is 6.15. The lowest BCUT2D eigenvalue weighted by Crippen LogP contribution is -2.41. The van der Waals surface area contributed by atoms with E-state index in [1.165, 1.54) is 13.3 Å². The first kappa shape index (κ1) is 15.6. The summed E-state index contributed by atoms with van der Waals surface area (Å²) < 4.78 is 4.43. The quantitative estimate of drug-likeness (QED) is 0.688. The number of aromatic nitrogens is 1. The van der Waals surface area contributed by atoms with E-state index in [1.54, 1.807) is 18.3 Å². The number of ether oxygens (including phenoxy) is 1. The van der Waals surface area contributed by atoms with Gasteiger partial charge < -0.3 is 15.2 Å². The van der Waals surface area contributed by atoms with Gasteiger partial charge in [-0.15, -0.1) is 0 Å². The van der Waals surface area contributed by atoms with Crippen molar-refractivity contribution in [2.24, 2.45) is 0 Å². The van der Waals surface area contributed by atoms with Gasteiger partial charge in [0.1, 0.15) is 6.04 Å². The number of pyridine rings is 1. The topological polar surface area (TPSA) is 106 Å². The molecule has 0 saturated carbocycles. The number of nitrogens with zero attached hydrogens (tertiary/aromatic N) is 1. The minimum absolute atomic E-state index is 0.0131. The summed E-state index contributed by atoms with van der Waals surface area (Å²) in [6.07, 6.45) is 3.07. The van der Waals surface area contributed by atoms with Crippen LogP contribution >= 0.6 is 0 Å². The van der Waals surface area contributed by atoms with Crippen LogP contribution in [-0.2, 0) is 25.5 Å². The van der Waals surface area contributed by atoms with Crippen LogP contribution in [0.4, 0.5) is 0 Å². The predicted octanol–water partition coefficient (Wildman–Crippen LogP) is 0.147. The monoisotopic (exact) mass is 280 g/mol. The van der Waals surface area contributed by atoms with Gasteiger partial charge in [0.05, 0.1) is 13.5 Å². The minimum atomic E-state index is -1.19. The highest BCUT2D eigenvalue weighted by Gasteiger charge is 2.21. The fourth-order valence-electron chi connectivity index (χ4n) is 1.56. The molecule has 1 atom stereocenters. The van der Waals surface area contributed by atoms with E-state index in [4.69, 9.17) is 5.11 Å². The molecule has 1 rings (SSSR count). The summed E-state index contributed by atoms with van der Waals surface area (Å²) in [5.74, 6) is -2.14. The Morgan fingerprint density at radius 3 is 2.75 bits per heavy atom. The number of carbonyl (C=O) groups excluding carboxylic acids is 2. The predicted molar refractivity (Wildman–Crippen MR) is 68.8 cm³/mol. The number of rotatable bonds is 7.